The Morgan fingerprint density at radius 3 is 2.15 bits per heavy atom. The zero-order chi connectivity index (χ0) is 29.4. The van der Waals surface area contributed by atoms with Gasteiger partial charge in [0.15, 0.2) is 0 Å². The van der Waals surface area contributed by atoms with Crippen LogP contribution in [-0.4, -0.2) is 80.8 Å². The molecule has 0 radical (unpaired) electrons. The van der Waals surface area contributed by atoms with Gasteiger partial charge in [0.05, 0.1) is 62.9 Å². The Morgan fingerprint density at radius 1 is 1.00 bits per heavy atom. The number of dihydropyridines is 1. The summed E-state index contributed by atoms with van der Waals surface area (Å²) in [5, 5.41) is 19.2. The Bertz CT molecular complexity index is 1100. The predicted molar refractivity (Wildman–Crippen MR) is 141 cm³/mol. The van der Waals surface area contributed by atoms with Crippen molar-refractivity contribution >= 4 is 35.5 Å². The highest BCUT2D eigenvalue weighted by Gasteiger charge is 2.39. The number of carbonyl (C=O) groups excluding carboxylic acids is 2. The minimum Gasteiger partial charge on any atom is -0.478 e. The first kappa shape index (κ1) is 33.3. The van der Waals surface area contributed by atoms with E-state index in [9.17, 15) is 19.2 Å². The second-order valence-corrected chi connectivity index (χ2v) is 8.09. The summed E-state index contributed by atoms with van der Waals surface area (Å²) < 4.78 is 21.3. The van der Waals surface area contributed by atoms with Gasteiger partial charge in [-0.25, -0.2) is 19.2 Å². The average Bonchev–Trinajstić information content (AvgIpc) is 2.89. The molecule has 0 aromatic heterocycles. The molecule has 0 unspecified atom stereocenters. The van der Waals surface area contributed by atoms with Crippen LogP contribution in [0.5, 0.6) is 0 Å². The van der Waals surface area contributed by atoms with Gasteiger partial charge in [-0.3, -0.25) is 0 Å². The molecule has 0 saturated heterocycles. The molecule has 0 amide bonds. The number of methoxy groups -OCH3 is 1. The number of esters is 2. The number of carboxylic acid groups (broad SMARTS) is 2. The smallest absolute Gasteiger partial charge is 0.336 e. The lowest BCUT2D eigenvalue weighted by Gasteiger charge is -2.31. The number of aliphatic carboxylic acids is 2. The molecule has 0 aliphatic carbocycles. The highest BCUT2D eigenvalue weighted by molar-refractivity contribution is 6.31. The van der Waals surface area contributed by atoms with Crippen LogP contribution in [0.15, 0.2) is 59.0 Å². The molecule has 0 saturated carbocycles. The average molecular weight is 569 g/mol. The van der Waals surface area contributed by atoms with Gasteiger partial charge in [-0.15, -0.1) is 0 Å². The van der Waals surface area contributed by atoms with Crippen LogP contribution in [0.3, 0.4) is 0 Å². The maximum Gasteiger partial charge on any atom is 0.336 e. The summed E-state index contributed by atoms with van der Waals surface area (Å²) in [6, 6.07) is 7.05. The van der Waals surface area contributed by atoms with Crippen LogP contribution >= 0.6 is 11.6 Å². The van der Waals surface area contributed by atoms with E-state index >= 15 is 0 Å². The van der Waals surface area contributed by atoms with Gasteiger partial charge in [-0.2, -0.15) is 0 Å². The van der Waals surface area contributed by atoms with E-state index in [1.54, 1.807) is 38.1 Å². The molecule has 1 aliphatic rings. The summed E-state index contributed by atoms with van der Waals surface area (Å²) in [6.45, 7) is 5.27. The first-order valence-corrected chi connectivity index (χ1v) is 12.2. The fourth-order valence-corrected chi connectivity index (χ4v) is 3.73. The van der Waals surface area contributed by atoms with Gasteiger partial charge in [-0.1, -0.05) is 29.8 Å². The molecule has 1 aliphatic heterocycles. The van der Waals surface area contributed by atoms with E-state index < -0.39 is 29.8 Å². The fourth-order valence-electron chi connectivity index (χ4n) is 3.48. The molecule has 214 valence electrons. The lowest BCUT2D eigenvalue weighted by atomic mass is 9.80. The molecule has 0 bridgehead atoms. The second-order valence-electron chi connectivity index (χ2n) is 7.69. The van der Waals surface area contributed by atoms with Crippen LogP contribution < -0.4 is 11.1 Å². The number of benzene rings is 1. The van der Waals surface area contributed by atoms with Crippen LogP contribution in [0.4, 0.5) is 0 Å². The third-order valence-corrected chi connectivity index (χ3v) is 5.36. The summed E-state index contributed by atoms with van der Waals surface area (Å²) in [5.74, 6) is -4.41. The van der Waals surface area contributed by atoms with E-state index in [0.29, 0.717) is 60.5 Å². The Labute approximate surface area is 231 Å². The second kappa shape index (κ2) is 17.7. The maximum atomic E-state index is 13.0. The molecule has 39 heavy (non-hydrogen) atoms. The Hall–Kier alpha value is -3.71. The zero-order valence-electron chi connectivity index (χ0n) is 21.9. The molecule has 13 heteroatoms. The van der Waals surface area contributed by atoms with Crippen LogP contribution in [0.1, 0.15) is 25.3 Å². The number of nitrogens with two attached hydrogens (primary N) is 1. The minimum atomic E-state index is -1.26. The third-order valence-electron chi connectivity index (χ3n) is 5.01. The summed E-state index contributed by atoms with van der Waals surface area (Å²) in [5.41, 5.74) is 7.57. The van der Waals surface area contributed by atoms with Gasteiger partial charge < -0.3 is 40.2 Å². The number of ether oxygens (including phenoxy) is 4. The molecule has 1 aromatic rings. The molecular weight excluding hydrogens is 536 g/mol. The molecule has 1 aromatic carbocycles. The van der Waals surface area contributed by atoms with Gasteiger partial charge in [0.1, 0.15) is 0 Å². The quantitative estimate of drug-likeness (QED) is 0.154. The summed E-state index contributed by atoms with van der Waals surface area (Å²) in [7, 11) is 1.29. The van der Waals surface area contributed by atoms with E-state index in [2.05, 4.69) is 5.32 Å². The van der Waals surface area contributed by atoms with Gasteiger partial charge >= 0.3 is 23.9 Å². The number of carbonyl (C=O) groups is 4. The van der Waals surface area contributed by atoms with E-state index in [4.69, 9.17) is 46.5 Å². The van der Waals surface area contributed by atoms with Crippen molar-refractivity contribution in [2.45, 2.75) is 19.8 Å². The number of allylic oxidation sites excluding steroid dienone is 1. The Balaban J connectivity index is 0.000000824. The number of rotatable bonds is 13. The summed E-state index contributed by atoms with van der Waals surface area (Å²) in [4.78, 5) is 44.8. The SMILES string of the molecule is CCOC(=O)C1=C(COCCOCCN)NC(C)=C(C(=O)OC)[C@H]1c1ccccc1Cl.O=C(O)/C=C/C(=O)O. The number of hydrogen-bond donors (Lipinski definition) is 4. The summed E-state index contributed by atoms with van der Waals surface area (Å²) in [6.07, 6.45) is 1.12. The molecule has 2 rings (SSSR count). The van der Waals surface area contributed by atoms with Crippen molar-refractivity contribution in [1.82, 2.24) is 5.32 Å². The van der Waals surface area contributed by atoms with E-state index in [1.807, 2.05) is 0 Å². The number of halogens is 1. The minimum absolute atomic E-state index is 0.0902. The Kier molecular flexibility index (Phi) is 15.2. The van der Waals surface area contributed by atoms with Crippen molar-refractivity contribution in [3.8, 4) is 0 Å². The highest BCUT2D eigenvalue weighted by Crippen LogP contribution is 2.41. The van der Waals surface area contributed by atoms with Crippen LogP contribution in [0.2, 0.25) is 5.02 Å². The number of carboxylic acids is 2. The lowest BCUT2D eigenvalue weighted by molar-refractivity contribution is -0.139. The van der Waals surface area contributed by atoms with Crippen molar-refractivity contribution < 1.29 is 48.3 Å². The van der Waals surface area contributed by atoms with Crippen molar-refractivity contribution in [3.05, 3.63) is 69.5 Å². The fraction of sp³-hybridized carbons (Fsp3) is 0.385. The molecule has 1 heterocycles. The van der Waals surface area contributed by atoms with E-state index in [0.717, 1.165) is 0 Å². The highest BCUT2D eigenvalue weighted by atomic mass is 35.5. The molecule has 5 N–H and O–H groups in total. The number of nitrogens with one attached hydrogen (secondary N) is 1. The van der Waals surface area contributed by atoms with Crippen LogP contribution in [0, 0.1) is 0 Å². The largest absolute Gasteiger partial charge is 0.478 e. The van der Waals surface area contributed by atoms with Gasteiger partial charge in [0.25, 0.3) is 0 Å². The van der Waals surface area contributed by atoms with Crippen LogP contribution in [0.25, 0.3) is 0 Å². The topological polar surface area (TPSA) is 184 Å². The predicted octanol–water partition coefficient (Wildman–Crippen LogP) is 1.99. The lowest BCUT2D eigenvalue weighted by Crippen LogP contribution is -2.35. The summed E-state index contributed by atoms with van der Waals surface area (Å²) >= 11 is 6.46. The van der Waals surface area contributed by atoms with E-state index in [1.165, 1.54) is 7.11 Å². The van der Waals surface area contributed by atoms with Crippen molar-refractivity contribution in [1.29, 1.82) is 0 Å². The van der Waals surface area contributed by atoms with Gasteiger partial charge in [-0.05, 0) is 25.5 Å². The van der Waals surface area contributed by atoms with Gasteiger partial charge in [0.2, 0.25) is 0 Å². The monoisotopic (exact) mass is 568 g/mol. The molecule has 1 atom stereocenters. The maximum absolute atomic E-state index is 13.0. The zero-order valence-corrected chi connectivity index (χ0v) is 22.7. The van der Waals surface area contributed by atoms with E-state index in [-0.39, 0.29) is 24.4 Å². The van der Waals surface area contributed by atoms with Crippen LogP contribution in [-0.2, 0) is 38.1 Å². The standard InChI is InChI=1S/C22H29ClN2O6.C4H4O4/c1-4-31-22(27)20-17(13-30-12-11-29-10-9-24)25-14(2)18(21(26)28-3)19(20)15-7-5-6-8-16(15)23;5-3(6)1-2-4(7)8/h5-8,19,25H,4,9-13,24H2,1-3H3;1-2H,(H,5,6)(H,7,8)/b;2-1+/t19-;/m1./s1. The molecule has 0 fully saturated rings. The normalized spacial score (nSPS) is 14.8. The van der Waals surface area contributed by atoms with Crippen molar-refractivity contribution in [3.63, 3.8) is 0 Å². The van der Waals surface area contributed by atoms with Crippen molar-refractivity contribution in [2.24, 2.45) is 5.73 Å². The van der Waals surface area contributed by atoms with Gasteiger partial charge in [0, 0.05) is 29.4 Å². The molecule has 12 nitrogen and oxygen atoms in total. The third kappa shape index (κ3) is 10.9. The Morgan fingerprint density at radius 2 is 1.62 bits per heavy atom. The first-order valence-electron chi connectivity index (χ1n) is 11.8. The van der Waals surface area contributed by atoms with Crippen molar-refractivity contribution in [2.75, 3.05) is 46.7 Å². The number of hydrogen-bond acceptors (Lipinski definition) is 10. The molecule has 0 spiro atoms. The molecular formula is C26H33ClN2O10. The first-order chi connectivity index (χ1) is 18.6.